The Balaban J connectivity index is 1.94. The van der Waals surface area contributed by atoms with Crippen molar-refractivity contribution in [2.45, 2.75) is 19.6 Å². The van der Waals surface area contributed by atoms with Crippen molar-refractivity contribution >= 4 is 23.5 Å². The average Bonchev–Trinajstić information content (AvgIpc) is 2.60. The third-order valence-corrected chi connectivity index (χ3v) is 3.72. The fourth-order valence-corrected chi connectivity index (χ4v) is 2.24. The van der Waals surface area contributed by atoms with E-state index >= 15 is 0 Å². The maximum absolute atomic E-state index is 12.1. The standard InChI is InChI=1S/C18H18ClNO4/c1-12(17(21)20-11-14-6-3-4-9-16(14)19)24-15-8-5-7-13(10-15)18(22)23-2/h3-10,12H,11H2,1-2H3,(H,20,21)/t12-/m0/s1. The van der Waals surface area contributed by atoms with Gasteiger partial charge in [-0.3, -0.25) is 4.79 Å². The summed E-state index contributed by atoms with van der Waals surface area (Å²) in [7, 11) is 1.31. The largest absolute Gasteiger partial charge is 0.481 e. The van der Waals surface area contributed by atoms with Crippen molar-refractivity contribution in [3.63, 3.8) is 0 Å². The summed E-state index contributed by atoms with van der Waals surface area (Å²) in [6.07, 6.45) is -0.722. The molecule has 0 fully saturated rings. The Labute approximate surface area is 145 Å². The van der Waals surface area contributed by atoms with Crippen LogP contribution in [0.3, 0.4) is 0 Å². The normalized spacial score (nSPS) is 11.5. The molecular formula is C18H18ClNO4. The zero-order valence-corrected chi connectivity index (χ0v) is 14.2. The zero-order valence-electron chi connectivity index (χ0n) is 13.4. The SMILES string of the molecule is COC(=O)c1cccc(O[C@@H](C)C(=O)NCc2ccccc2Cl)c1. The molecule has 1 N–H and O–H groups in total. The second-order valence-electron chi connectivity index (χ2n) is 5.09. The highest BCUT2D eigenvalue weighted by molar-refractivity contribution is 6.31. The van der Waals surface area contributed by atoms with Crippen molar-refractivity contribution in [2.24, 2.45) is 0 Å². The van der Waals surface area contributed by atoms with E-state index < -0.39 is 12.1 Å². The molecule has 6 heteroatoms. The van der Waals surface area contributed by atoms with Crippen LogP contribution in [0.15, 0.2) is 48.5 Å². The highest BCUT2D eigenvalue weighted by atomic mass is 35.5. The lowest BCUT2D eigenvalue weighted by atomic mass is 10.2. The van der Waals surface area contributed by atoms with Gasteiger partial charge in [-0.2, -0.15) is 0 Å². The van der Waals surface area contributed by atoms with Crippen LogP contribution in [-0.2, 0) is 16.1 Å². The Morgan fingerprint density at radius 1 is 1.17 bits per heavy atom. The van der Waals surface area contributed by atoms with Crippen LogP contribution in [0.2, 0.25) is 5.02 Å². The third kappa shape index (κ3) is 4.73. The number of amides is 1. The number of nitrogens with one attached hydrogen (secondary N) is 1. The Morgan fingerprint density at radius 3 is 2.62 bits per heavy atom. The minimum atomic E-state index is -0.722. The second-order valence-corrected chi connectivity index (χ2v) is 5.50. The van der Waals surface area contributed by atoms with Crippen LogP contribution in [0.1, 0.15) is 22.8 Å². The van der Waals surface area contributed by atoms with E-state index in [-0.39, 0.29) is 5.91 Å². The van der Waals surface area contributed by atoms with Crippen molar-refractivity contribution in [3.05, 3.63) is 64.7 Å². The number of carbonyl (C=O) groups is 2. The number of benzene rings is 2. The Morgan fingerprint density at radius 2 is 1.92 bits per heavy atom. The Kier molecular flexibility index (Phi) is 6.21. The number of rotatable bonds is 6. The molecule has 0 aliphatic carbocycles. The van der Waals surface area contributed by atoms with Gasteiger partial charge in [0.1, 0.15) is 5.75 Å². The predicted octanol–water partition coefficient (Wildman–Crippen LogP) is 3.21. The van der Waals surface area contributed by atoms with E-state index in [2.05, 4.69) is 10.1 Å². The van der Waals surface area contributed by atoms with Crippen molar-refractivity contribution in [2.75, 3.05) is 7.11 Å². The molecule has 0 radical (unpaired) electrons. The average molecular weight is 348 g/mol. The summed E-state index contributed by atoms with van der Waals surface area (Å²) in [6.45, 7) is 1.95. The van der Waals surface area contributed by atoms with Gasteiger partial charge in [0.2, 0.25) is 0 Å². The molecule has 0 saturated heterocycles. The molecule has 0 unspecified atom stereocenters. The number of carbonyl (C=O) groups excluding carboxylic acids is 2. The molecule has 0 bridgehead atoms. The van der Waals surface area contributed by atoms with E-state index in [1.807, 2.05) is 18.2 Å². The maximum atomic E-state index is 12.1. The van der Waals surface area contributed by atoms with Gasteiger partial charge in [-0.15, -0.1) is 0 Å². The molecule has 2 aromatic rings. The molecule has 0 heterocycles. The van der Waals surface area contributed by atoms with Crippen molar-refractivity contribution in [3.8, 4) is 5.75 Å². The minimum absolute atomic E-state index is 0.279. The number of esters is 1. The summed E-state index contributed by atoms with van der Waals surface area (Å²) >= 11 is 6.05. The highest BCUT2D eigenvalue weighted by Gasteiger charge is 2.15. The van der Waals surface area contributed by atoms with E-state index in [9.17, 15) is 9.59 Å². The van der Waals surface area contributed by atoms with Gasteiger partial charge in [0.25, 0.3) is 5.91 Å². The topological polar surface area (TPSA) is 64.6 Å². The molecule has 0 aromatic heterocycles. The summed E-state index contributed by atoms with van der Waals surface area (Å²) in [4.78, 5) is 23.6. The number of halogens is 1. The minimum Gasteiger partial charge on any atom is -0.481 e. The van der Waals surface area contributed by atoms with Crippen LogP contribution >= 0.6 is 11.6 Å². The molecule has 1 atom stereocenters. The van der Waals surface area contributed by atoms with Crippen LogP contribution in [0, 0.1) is 0 Å². The van der Waals surface area contributed by atoms with Gasteiger partial charge in [0, 0.05) is 11.6 Å². The second kappa shape index (κ2) is 8.36. The molecule has 0 spiro atoms. The number of hydrogen-bond acceptors (Lipinski definition) is 4. The molecule has 126 valence electrons. The summed E-state index contributed by atoms with van der Waals surface area (Å²) < 4.78 is 10.2. The van der Waals surface area contributed by atoms with E-state index in [0.717, 1.165) is 5.56 Å². The first-order valence-electron chi connectivity index (χ1n) is 7.37. The Hall–Kier alpha value is -2.53. The molecule has 24 heavy (non-hydrogen) atoms. The van der Waals surface area contributed by atoms with E-state index in [4.69, 9.17) is 16.3 Å². The molecule has 5 nitrogen and oxygen atoms in total. The van der Waals surface area contributed by atoms with Crippen LogP contribution in [0.25, 0.3) is 0 Å². The predicted molar refractivity (Wildman–Crippen MR) is 91.2 cm³/mol. The van der Waals surface area contributed by atoms with Gasteiger partial charge in [0.15, 0.2) is 6.10 Å². The lowest BCUT2D eigenvalue weighted by Gasteiger charge is -2.15. The summed E-state index contributed by atoms with van der Waals surface area (Å²) in [5.41, 5.74) is 1.19. The lowest BCUT2D eigenvalue weighted by molar-refractivity contribution is -0.127. The molecule has 0 aliphatic heterocycles. The summed E-state index contributed by atoms with van der Waals surface area (Å²) in [6, 6.07) is 13.8. The van der Waals surface area contributed by atoms with Gasteiger partial charge in [-0.05, 0) is 36.8 Å². The van der Waals surface area contributed by atoms with Gasteiger partial charge < -0.3 is 14.8 Å². The third-order valence-electron chi connectivity index (χ3n) is 3.35. The number of methoxy groups -OCH3 is 1. The van der Waals surface area contributed by atoms with Crippen molar-refractivity contribution in [1.29, 1.82) is 0 Å². The fraction of sp³-hybridized carbons (Fsp3) is 0.222. The summed E-state index contributed by atoms with van der Waals surface area (Å²) in [5, 5.41) is 3.36. The molecule has 0 saturated carbocycles. The lowest BCUT2D eigenvalue weighted by Crippen LogP contribution is -2.36. The van der Waals surface area contributed by atoms with Crippen molar-refractivity contribution < 1.29 is 19.1 Å². The van der Waals surface area contributed by atoms with E-state index in [0.29, 0.717) is 22.9 Å². The van der Waals surface area contributed by atoms with Crippen LogP contribution in [0.4, 0.5) is 0 Å². The first-order valence-corrected chi connectivity index (χ1v) is 7.75. The maximum Gasteiger partial charge on any atom is 0.337 e. The van der Waals surface area contributed by atoms with Crippen LogP contribution in [-0.4, -0.2) is 25.1 Å². The van der Waals surface area contributed by atoms with Gasteiger partial charge in [-0.1, -0.05) is 35.9 Å². The quantitative estimate of drug-likeness (QED) is 0.815. The zero-order chi connectivity index (χ0) is 17.5. The van der Waals surface area contributed by atoms with Crippen LogP contribution < -0.4 is 10.1 Å². The first-order chi connectivity index (χ1) is 11.5. The first kappa shape index (κ1) is 17.8. The van der Waals surface area contributed by atoms with Gasteiger partial charge in [0.05, 0.1) is 12.7 Å². The monoisotopic (exact) mass is 347 g/mol. The van der Waals surface area contributed by atoms with Gasteiger partial charge >= 0.3 is 5.97 Å². The molecular weight excluding hydrogens is 330 g/mol. The molecule has 1 amide bonds. The Bertz CT molecular complexity index is 732. The van der Waals surface area contributed by atoms with E-state index in [1.54, 1.807) is 31.2 Å². The fourth-order valence-electron chi connectivity index (χ4n) is 2.04. The molecule has 2 rings (SSSR count). The number of hydrogen-bond donors (Lipinski definition) is 1. The van der Waals surface area contributed by atoms with E-state index in [1.165, 1.54) is 13.2 Å². The molecule has 0 aliphatic rings. The summed E-state index contributed by atoms with van der Waals surface area (Å²) in [5.74, 6) is -0.326. The number of ether oxygens (including phenoxy) is 2. The highest BCUT2D eigenvalue weighted by Crippen LogP contribution is 2.17. The van der Waals surface area contributed by atoms with Gasteiger partial charge in [-0.25, -0.2) is 4.79 Å². The molecule has 2 aromatic carbocycles. The van der Waals surface area contributed by atoms with Crippen LogP contribution in [0.5, 0.6) is 5.75 Å². The van der Waals surface area contributed by atoms with Crippen molar-refractivity contribution in [1.82, 2.24) is 5.32 Å². The smallest absolute Gasteiger partial charge is 0.337 e.